The normalized spacial score (nSPS) is 10.9. The molecular formula is C33H20F8O. The molecule has 4 aromatic carbocycles. The summed E-state index contributed by atoms with van der Waals surface area (Å²) in [5.74, 6) is 1.11. The number of ether oxygens (including phenoxy) is 1. The van der Waals surface area contributed by atoms with Crippen LogP contribution in [-0.4, -0.2) is 0 Å². The third-order valence-electron chi connectivity index (χ3n) is 5.99. The zero-order chi connectivity index (χ0) is 30.4. The minimum Gasteiger partial charge on any atom is -0.429 e. The number of alkyl halides is 2. The van der Waals surface area contributed by atoms with Crippen LogP contribution >= 0.6 is 0 Å². The van der Waals surface area contributed by atoms with Gasteiger partial charge in [-0.1, -0.05) is 43.1 Å². The number of hydrogen-bond donors (Lipinski definition) is 0. The highest BCUT2D eigenvalue weighted by atomic mass is 19.3. The second-order valence-corrected chi connectivity index (χ2v) is 9.13. The molecule has 214 valence electrons. The van der Waals surface area contributed by atoms with Crippen molar-refractivity contribution in [2.24, 2.45) is 0 Å². The average Bonchev–Trinajstić information content (AvgIpc) is 2.93. The third kappa shape index (κ3) is 7.30. The number of aryl methyl sites for hydroxylation is 1. The standard InChI is InChI=1S/C33H20F8O/c1-2-3-4-20-5-10-23(27(34)15-20)11-6-21-7-12-24(28(35)16-21)13-8-22-9-14-26(29(36)17-22)33(40,41)42-25-18-30(37)32(39)31(38)19-25/h5,7,9-10,12,14-19H,2-4H2,1H3. The van der Waals surface area contributed by atoms with Crippen LogP contribution in [0, 0.1) is 58.6 Å². The van der Waals surface area contributed by atoms with Crippen LogP contribution in [0.3, 0.4) is 0 Å². The van der Waals surface area contributed by atoms with Crippen molar-refractivity contribution in [1.82, 2.24) is 0 Å². The van der Waals surface area contributed by atoms with Gasteiger partial charge < -0.3 is 4.74 Å². The Morgan fingerprint density at radius 3 is 1.71 bits per heavy atom. The zero-order valence-corrected chi connectivity index (χ0v) is 21.9. The summed E-state index contributed by atoms with van der Waals surface area (Å²) in [5, 5.41) is 0. The highest BCUT2D eigenvalue weighted by Crippen LogP contribution is 2.34. The molecule has 0 aromatic heterocycles. The highest BCUT2D eigenvalue weighted by molar-refractivity contribution is 5.49. The van der Waals surface area contributed by atoms with E-state index in [2.05, 4.69) is 28.4 Å². The number of hydrogen-bond acceptors (Lipinski definition) is 1. The predicted octanol–water partition coefficient (Wildman–Crippen LogP) is 8.79. The Bertz CT molecular complexity index is 1730. The topological polar surface area (TPSA) is 9.23 Å². The van der Waals surface area contributed by atoms with Crippen molar-refractivity contribution in [3.63, 3.8) is 0 Å². The second-order valence-electron chi connectivity index (χ2n) is 9.13. The molecule has 0 bridgehead atoms. The lowest BCUT2D eigenvalue weighted by Crippen LogP contribution is -2.23. The summed E-state index contributed by atoms with van der Waals surface area (Å²) >= 11 is 0. The lowest BCUT2D eigenvalue weighted by Gasteiger charge is -2.19. The van der Waals surface area contributed by atoms with Gasteiger partial charge in [-0.3, -0.25) is 0 Å². The van der Waals surface area contributed by atoms with E-state index >= 15 is 0 Å². The molecule has 0 heterocycles. The first-order valence-electron chi connectivity index (χ1n) is 12.6. The number of rotatable bonds is 6. The molecule has 0 aliphatic heterocycles. The molecule has 0 aliphatic rings. The van der Waals surface area contributed by atoms with Gasteiger partial charge in [0.15, 0.2) is 17.5 Å². The first-order valence-corrected chi connectivity index (χ1v) is 12.6. The van der Waals surface area contributed by atoms with Gasteiger partial charge in [-0.25, -0.2) is 26.3 Å². The number of halogens is 8. The van der Waals surface area contributed by atoms with Gasteiger partial charge in [0.2, 0.25) is 0 Å². The smallest absolute Gasteiger partial charge is 0.429 e. The quantitative estimate of drug-likeness (QED) is 0.125. The Balaban J connectivity index is 1.48. The van der Waals surface area contributed by atoms with Crippen LogP contribution in [0.5, 0.6) is 5.75 Å². The van der Waals surface area contributed by atoms with Gasteiger partial charge in [-0.2, -0.15) is 8.78 Å². The molecule has 4 rings (SSSR count). The maximum Gasteiger partial charge on any atom is 0.429 e. The first-order chi connectivity index (χ1) is 20.0. The molecule has 0 amide bonds. The monoisotopic (exact) mass is 584 g/mol. The Morgan fingerprint density at radius 1 is 0.619 bits per heavy atom. The summed E-state index contributed by atoms with van der Waals surface area (Å²) in [6, 6.07) is 11.3. The zero-order valence-electron chi connectivity index (χ0n) is 21.9. The van der Waals surface area contributed by atoms with Gasteiger partial charge in [0.25, 0.3) is 0 Å². The predicted molar refractivity (Wildman–Crippen MR) is 141 cm³/mol. The Labute approximate surface area is 236 Å². The number of benzene rings is 4. The molecule has 9 heteroatoms. The van der Waals surface area contributed by atoms with E-state index in [9.17, 15) is 35.1 Å². The summed E-state index contributed by atoms with van der Waals surface area (Å²) in [6.45, 7) is 2.04. The average molecular weight is 585 g/mol. The van der Waals surface area contributed by atoms with Crippen LogP contribution < -0.4 is 4.74 Å². The van der Waals surface area contributed by atoms with Crippen LogP contribution in [0.2, 0.25) is 0 Å². The fourth-order valence-corrected chi connectivity index (χ4v) is 3.79. The summed E-state index contributed by atoms with van der Waals surface area (Å²) in [4.78, 5) is 0. The van der Waals surface area contributed by atoms with E-state index in [0.717, 1.165) is 37.0 Å². The Hall–Kier alpha value is -4.76. The van der Waals surface area contributed by atoms with Crippen molar-refractivity contribution in [2.45, 2.75) is 32.3 Å². The minimum absolute atomic E-state index is 0.0907. The van der Waals surface area contributed by atoms with Gasteiger partial charge in [0.1, 0.15) is 28.8 Å². The lowest BCUT2D eigenvalue weighted by molar-refractivity contribution is -0.187. The summed E-state index contributed by atoms with van der Waals surface area (Å²) in [5.41, 5.74) is -0.176. The molecule has 0 N–H and O–H groups in total. The molecule has 0 spiro atoms. The SMILES string of the molecule is CCCCc1ccc(C#Cc2ccc(C#Cc3ccc(C(F)(F)Oc4cc(F)c(F)c(F)c4)c(F)c3)c(F)c2)c(F)c1. The molecule has 0 saturated carbocycles. The Kier molecular flexibility index (Phi) is 9.22. The van der Waals surface area contributed by atoms with Gasteiger partial charge in [0, 0.05) is 23.3 Å². The lowest BCUT2D eigenvalue weighted by atomic mass is 10.1. The third-order valence-corrected chi connectivity index (χ3v) is 5.99. The van der Waals surface area contributed by atoms with Gasteiger partial charge in [-0.05, 0) is 66.9 Å². The fraction of sp³-hybridized carbons (Fsp3) is 0.152. The largest absolute Gasteiger partial charge is 0.429 e. The summed E-state index contributed by atoms with van der Waals surface area (Å²) in [6.07, 6.45) is -1.69. The van der Waals surface area contributed by atoms with Crippen LogP contribution in [-0.2, 0) is 12.5 Å². The van der Waals surface area contributed by atoms with Gasteiger partial charge >= 0.3 is 6.11 Å². The summed E-state index contributed by atoms with van der Waals surface area (Å²) in [7, 11) is 0. The van der Waals surface area contributed by atoms with Gasteiger partial charge in [0.05, 0.1) is 11.1 Å². The van der Waals surface area contributed by atoms with Crippen molar-refractivity contribution < 1.29 is 39.9 Å². The van der Waals surface area contributed by atoms with E-state index in [1.807, 2.05) is 6.92 Å². The van der Waals surface area contributed by atoms with E-state index in [0.29, 0.717) is 12.1 Å². The highest BCUT2D eigenvalue weighted by Gasteiger charge is 2.38. The molecule has 0 saturated heterocycles. The maximum atomic E-state index is 14.6. The second kappa shape index (κ2) is 12.8. The fourth-order valence-electron chi connectivity index (χ4n) is 3.79. The van der Waals surface area contributed by atoms with Gasteiger partial charge in [-0.15, -0.1) is 0 Å². The van der Waals surface area contributed by atoms with E-state index < -0.39 is 52.3 Å². The van der Waals surface area contributed by atoms with Crippen LogP contribution in [0.4, 0.5) is 35.1 Å². The molecule has 42 heavy (non-hydrogen) atoms. The molecule has 0 radical (unpaired) electrons. The number of unbranched alkanes of at least 4 members (excludes halogenated alkanes) is 1. The molecule has 1 nitrogen and oxygen atoms in total. The summed E-state index contributed by atoms with van der Waals surface area (Å²) < 4.78 is 116. The maximum absolute atomic E-state index is 14.6. The van der Waals surface area contributed by atoms with Crippen molar-refractivity contribution in [2.75, 3.05) is 0 Å². The molecule has 4 aromatic rings. The Morgan fingerprint density at radius 2 is 1.17 bits per heavy atom. The van der Waals surface area contributed by atoms with Crippen molar-refractivity contribution in [1.29, 1.82) is 0 Å². The minimum atomic E-state index is -4.38. The van der Waals surface area contributed by atoms with Crippen LogP contribution in [0.25, 0.3) is 0 Å². The van der Waals surface area contributed by atoms with E-state index in [4.69, 9.17) is 0 Å². The van der Waals surface area contributed by atoms with Crippen molar-refractivity contribution in [3.05, 3.63) is 135 Å². The molecule has 0 unspecified atom stereocenters. The van der Waals surface area contributed by atoms with Crippen LogP contribution in [0.15, 0.2) is 66.7 Å². The van der Waals surface area contributed by atoms with E-state index in [-0.39, 0.29) is 34.4 Å². The van der Waals surface area contributed by atoms with Crippen LogP contribution in [0.1, 0.15) is 53.1 Å². The van der Waals surface area contributed by atoms with Crippen molar-refractivity contribution >= 4 is 0 Å². The first kappa shape index (κ1) is 30.2. The van der Waals surface area contributed by atoms with E-state index in [1.165, 1.54) is 18.2 Å². The molecular weight excluding hydrogens is 564 g/mol. The molecule has 0 fully saturated rings. The van der Waals surface area contributed by atoms with E-state index in [1.54, 1.807) is 12.1 Å². The van der Waals surface area contributed by atoms with Crippen molar-refractivity contribution in [3.8, 4) is 29.4 Å². The molecule has 0 aliphatic carbocycles. The molecule has 0 atom stereocenters.